The van der Waals surface area contributed by atoms with Gasteiger partial charge >= 0.3 is 11.9 Å². The summed E-state index contributed by atoms with van der Waals surface area (Å²) in [5.74, 6) is -2.56. The van der Waals surface area contributed by atoms with Gasteiger partial charge in [-0.2, -0.15) is 0 Å². The number of piperidine rings is 2. The first kappa shape index (κ1) is 15.3. The Morgan fingerprint density at radius 1 is 0.952 bits per heavy atom. The second-order valence-corrected chi connectivity index (χ2v) is 5.15. The van der Waals surface area contributed by atoms with Crippen molar-refractivity contribution in [2.45, 2.75) is 20.3 Å². The Morgan fingerprint density at radius 2 is 1.33 bits per heavy atom. The Labute approximate surface area is 121 Å². The molecule has 21 heavy (non-hydrogen) atoms. The molecule has 0 aromatic rings. The number of ether oxygens (including phenoxy) is 2. The molecule has 2 heterocycles. The van der Waals surface area contributed by atoms with Crippen LogP contribution in [0.1, 0.15) is 20.3 Å². The van der Waals surface area contributed by atoms with Gasteiger partial charge in [-0.1, -0.05) is 0 Å². The van der Waals surface area contributed by atoms with E-state index in [0.29, 0.717) is 0 Å². The predicted molar refractivity (Wildman–Crippen MR) is 68.8 cm³/mol. The van der Waals surface area contributed by atoms with Crippen LogP contribution >= 0.6 is 0 Å². The lowest BCUT2D eigenvalue weighted by atomic mass is 9.64. The maximum absolute atomic E-state index is 12.2. The van der Waals surface area contributed by atoms with Crippen molar-refractivity contribution in [2.24, 2.45) is 10.8 Å². The smallest absolute Gasteiger partial charge is 0.323 e. The van der Waals surface area contributed by atoms with Crippen LogP contribution in [-0.4, -0.2) is 50.1 Å². The number of rotatable bonds is 4. The SMILES string of the molecule is CCOC(=O)[C@]12CNC(=O)[C@](C(=O)OCC)(CNC1=O)C2. The molecule has 2 atom stereocenters. The summed E-state index contributed by atoms with van der Waals surface area (Å²) in [6, 6.07) is 0. The van der Waals surface area contributed by atoms with Crippen LogP contribution < -0.4 is 10.6 Å². The molecule has 8 nitrogen and oxygen atoms in total. The van der Waals surface area contributed by atoms with Gasteiger partial charge in [0.05, 0.1) is 13.2 Å². The van der Waals surface area contributed by atoms with Gasteiger partial charge in [-0.25, -0.2) is 0 Å². The van der Waals surface area contributed by atoms with E-state index in [1.54, 1.807) is 13.8 Å². The molecule has 2 aliphatic rings. The first-order chi connectivity index (χ1) is 9.93. The minimum Gasteiger partial charge on any atom is -0.465 e. The van der Waals surface area contributed by atoms with Gasteiger partial charge in [0.1, 0.15) is 0 Å². The third-order valence-electron chi connectivity index (χ3n) is 3.91. The summed E-state index contributed by atoms with van der Waals surface area (Å²) in [7, 11) is 0. The molecule has 0 aromatic carbocycles. The summed E-state index contributed by atoms with van der Waals surface area (Å²) >= 11 is 0. The van der Waals surface area contributed by atoms with Crippen LogP contribution in [0.4, 0.5) is 0 Å². The van der Waals surface area contributed by atoms with Crippen LogP contribution in [0, 0.1) is 10.8 Å². The Bertz CT molecular complexity index is 461. The average Bonchev–Trinajstić information content (AvgIpc) is 2.46. The molecule has 0 radical (unpaired) electrons. The molecule has 0 saturated carbocycles. The van der Waals surface area contributed by atoms with E-state index in [-0.39, 0.29) is 32.7 Å². The van der Waals surface area contributed by atoms with Gasteiger partial charge in [0, 0.05) is 19.5 Å². The largest absolute Gasteiger partial charge is 0.465 e. The van der Waals surface area contributed by atoms with Crippen LogP contribution in [0.3, 0.4) is 0 Å². The molecule has 0 aromatic heterocycles. The lowest BCUT2D eigenvalue weighted by molar-refractivity contribution is -0.179. The number of esters is 2. The van der Waals surface area contributed by atoms with E-state index in [1.165, 1.54) is 0 Å². The van der Waals surface area contributed by atoms with E-state index in [2.05, 4.69) is 10.6 Å². The van der Waals surface area contributed by atoms with Crippen molar-refractivity contribution < 1.29 is 28.7 Å². The van der Waals surface area contributed by atoms with Crippen molar-refractivity contribution in [3.8, 4) is 0 Å². The minimum absolute atomic E-state index is 0.105. The summed E-state index contributed by atoms with van der Waals surface area (Å²) < 4.78 is 9.89. The van der Waals surface area contributed by atoms with E-state index >= 15 is 0 Å². The predicted octanol–water partition coefficient (Wildman–Crippen LogP) is -1.26. The van der Waals surface area contributed by atoms with Gasteiger partial charge < -0.3 is 20.1 Å². The van der Waals surface area contributed by atoms with E-state index in [1.807, 2.05) is 0 Å². The first-order valence-corrected chi connectivity index (χ1v) is 6.84. The quantitative estimate of drug-likeness (QED) is 0.495. The first-order valence-electron chi connectivity index (χ1n) is 6.84. The van der Waals surface area contributed by atoms with Crippen molar-refractivity contribution >= 4 is 23.8 Å². The molecule has 8 heteroatoms. The third kappa shape index (κ3) is 2.14. The van der Waals surface area contributed by atoms with Crippen molar-refractivity contribution in [1.82, 2.24) is 10.6 Å². The van der Waals surface area contributed by atoms with Crippen LogP contribution in [-0.2, 0) is 28.7 Å². The van der Waals surface area contributed by atoms with Crippen molar-refractivity contribution in [2.75, 3.05) is 26.3 Å². The Balaban J connectivity index is 2.40. The topological polar surface area (TPSA) is 111 Å². The number of fused-ring (bicyclic) bond motifs is 2. The fourth-order valence-corrected chi connectivity index (χ4v) is 2.77. The molecular formula is C13H18N2O6. The monoisotopic (exact) mass is 298 g/mol. The highest BCUT2D eigenvalue weighted by Gasteiger charge is 2.65. The fourth-order valence-electron chi connectivity index (χ4n) is 2.77. The highest BCUT2D eigenvalue weighted by Crippen LogP contribution is 2.43. The van der Waals surface area contributed by atoms with Gasteiger partial charge in [0.15, 0.2) is 10.8 Å². The normalized spacial score (nSPS) is 31.0. The minimum atomic E-state index is -1.57. The van der Waals surface area contributed by atoms with Gasteiger partial charge in [-0.3, -0.25) is 19.2 Å². The molecule has 2 aliphatic heterocycles. The Hall–Kier alpha value is -2.12. The number of nitrogens with one attached hydrogen (secondary N) is 2. The molecule has 2 fully saturated rings. The van der Waals surface area contributed by atoms with E-state index in [9.17, 15) is 19.2 Å². The number of carbonyl (C=O) groups excluding carboxylic acids is 4. The van der Waals surface area contributed by atoms with Gasteiger partial charge in [0.25, 0.3) is 0 Å². The number of hydrogen-bond acceptors (Lipinski definition) is 6. The van der Waals surface area contributed by atoms with E-state index < -0.39 is 34.6 Å². The Morgan fingerprint density at radius 3 is 1.67 bits per heavy atom. The average molecular weight is 298 g/mol. The molecule has 2 rings (SSSR count). The molecular weight excluding hydrogens is 280 g/mol. The summed E-state index contributed by atoms with van der Waals surface area (Å²) in [4.78, 5) is 48.7. The molecule has 0 aliphatic carbocycles. The van der Waals surface area contributed by atoms with Crippen molar-refractivity contribution in [1.29, 1.82) is 0 Å². The van der Waals surface area contributed by atoms with Crippen molar-refractivity contribution in [3.05, 3.63) is 0 Å². The van der Waals surface area contributed by atoms with Crippen LogP contribution in [0.25, 0.3) is 0 Å². The molecule has 0 spiro atoms. The zero-order valence-corrected chi connectivity index (χ0v) is 12.0. The number of carbonyl (C=O) groups is 4. The van der Waals surface area contributed by atoms with Gasteiger partial charge in [-0.05, 0) is 13.8 Å². The standard InChI is InChI=1S/C13H18N2O6/c1-3-20-10(18)12-5-13(7-15-8(12)16,9(17)14-6-12)11(19)21-4-2/h3-7H2,1-2H3,(H,14,17)(H,15,16)/t12-,13-/m1/s1. The highest BCUT2D eigenvalue weighted by atomic mass is 16.5. The zero-order valence-electron chi connectivity index (χ0n) is 12.0. The Kier molecular flexibility index (Phi) is 3.89. The lowest BCUT2D eigenvalue weighted by Crippen LogP contribution is -2.71. The molecule has 2 amide bonds. The van der Waals surface area contributed by atoms with Crippen molar-refractivity contribution in [3.63, 3.8) is 0 Å². The van der Waals surface area contributed by atoms with Crippen LogP contribution in [0.15, 0.2) is 0 Å². The van der Waals surface area contributed by atoms with Crippen LogP contribution in [0.5, 0.6) is 0 Å². The molecule has 2 N–H and O–H groups in total. The lowest BCUT2D eigenvalue weighted by Gasteiger charge is -2.46. The second kappa shape index (κ2) is 5.34. The summed E-state index contributed by atoms with van der Waals surface area (Å²) in [5, 5.41) is 4.95. The summed E-state index contributed by atoms with van der Waals surface area (Å²) in [6.45, 7) is 3.09. The highest BCUT2D eigenvalue weighted by molar-refractivity contribution is 6.12. The number of hydrogen-bond donors (Lipinski definition) is 2. The number of amides is 2. The summed E-state index contributed by atoms with van der Waals surface area (Å²) in [5.41, 5.74) is -3.15. The van der Waals surface area contributed by atoms with Crippen LogP contribution in [0.2, 0.25) is 0 Å². The van der Waals surface area contributed by atoms with Gasteiger partial charge in [0.2, 0.25) is 11.8 Å². The fraction of sp³-hybridized carbons (Fsp3) is 0.692. The third-order valence-corrected chi connectivity index (χ3v) is 3.91. The molecule has 2 bridgehead atoms. The summed E-state index contributed by atoms with van der Waals surface area (Å²) in [6.07, 6.45) is -0.227. The zero-order chi connectivity index (χ0) is 15.7. The second-order valence-electron chi connectivity index (χ2n) is 5.15. The van der Waals surface area contributed by atoms with Gasteiger partial charge in [-0.15, -0.1) is 0 Å². The maximum Gasteiger partial charge on any atom is 0.323 e. The molecule has 0 unspecified atom stereocenters. The van der Waals surface area contributed by atoms with E-state index in [4.69, 9.17) is 9.47 Å². The maximum atomic E-state index is 12.2. The van der Waals surface area contributed by atoms with E-state index in [0.717, 1.165) is 0 Å². The molecule has 116 valence electrons. The molecule has 2 saturated heterocycles.